The van der Waals surface area contributed by atoms with Crippen LogP contribution in [0, 0.1) is 11.3 Å². The quantitative estimate of drug-likeness (QED) is 0.443. The molecule has 0 radical (unpaired) electrons. The van der Waals surface area contributed by atoms with Gasteiger partial charge in [-0.15, -0.1) is 0 Å². The maximum Gasteiger partial charge on any atom is 0.326 e. The largest absolute Gasteiger partial charge is 0.454 e. The zero-order valence-corrected chi connectivity index (χ0v) is 15.0. The number of anilines is 1. The lowest BCUT2D eigenvalue weighted by atomic mass is 10.3. The number of aryl methyl sites for hydroxylation is 1. The van der Waals surface area contributed by atoms with E-state index in [-0.39, 0.29) is 11.9 Å². The summed E-state index contributed by atoms with van der Waals surface area (Å²) in [5, 5.41) is 13.2. The number of amides is 1. The predicted molar refractivity (Wildman–Crippen MR) is 98.1 cm³/mol. The Balaban J connectivity index is 1.65. The van der Waals surface area contributed by atoms with Crippen LogP contribution in [-0.4, -0.2) is 44.4 Å². The predicted octanol–water partition coefficient (Wildman–Crippen LogP) is 0.230. The Morgan fingerprint density at radius 3 is 2.75 bits per heavy atom. The van der Waals surface area contributed by atoms with Crippen molar-refractivity contribution in [1.29, 1.82) is 5.26 Å². The molecule has 1 aromatic carbocycles. The van der Waals surface area contributed by atoms with Gasteiger partial charge in [-0.25, -0.2) is 4.98 Å². The molecule has 3 aromatic rings. The molecule has 0 saturated heterocycles. The number of benzene rings is 1. The smallest absolute Gasteiger partial charge is 0.326 e. The SMILES string of the molecule is Cn1ncc2c(=O)n(CC(=O)OCC(=O)N(CC#N)c3ccccc3)cnc21. The molecule has 2 heterocycles. The molecule has 0 spiro atoms. The second kappa shape index (κ2) is 8.13. The average Bonchev–Trinajstić information content (AvgIpc) is 3.08. The lowest BCUT2D eigenvalue weighted by Gasteiger charge is -2.19. The van der Waals surface area contributed by atoms with Crippen molar-refractivity contribution in [2.45, 2.75) is 6.54 Å². The molecule has 3 rings (SSSR count). The van der Waals surface area contributed by atoms with E-state index in [9.17, 15) is 14.4 Å². The van der Waals surface area contributed by atoms with Gasteiger partial charge in [0.2, 0.25) is 0 Å². The molecule has 10 heteroatoms. The maximum absolute atomic E-state index is 12.3. The van der Waals surface area contributed by atoms with Crippen molar-refractivity contribution in [3.05, 3.63) is 53.2 Å². The molecule has 0 aliphatic carbocycles. The molecule has 10 nitrogen and oxygen atoms in total. The first kappa shape index (κ1) is 18.8. The van der Waals surface area contributed by atoms with E-state index >= 15 is 0 Å². The number of ether oxygens (including phenoxy) is 1. The van der Waals surface area contributed by atoms with Gasteiger partial charge in [-0.3, -0.25) is 28.5 Å². The number of carbonyl (C=O) groups excluding carboxylic acids is 2. The second-order valence-electron chi connectivity index (χ2n) is 5.82. The Bertz CT molecular complexity index is 1110. The lowest BCUT2D eigenvalue weighted by Crippen LogP contribution is -2.36. The summed E-state index contributed by atoms with van der Waals surface area (Å²) < 4.78 is 7.52. The summed E-state index contributed by atoms with van der Waals surface area (Å²) in [7, 11) is 1.65. The van der Waals surface area contributed by atoms with E-state index in [4.69, 9.17) is 10.00 Å². The fraction of sp³-hybridized carbons (Fsp3) is 0.222. The van der Waals surface area contributed by atoms with Crippen molar-refractivity contribution >= 4 is 28.6 Å². The number of nitrogens with zero attached hydrogens (tertiary/aromatic N) is 6. The molecule has 0 aliphatic heterocycles. The van der Waals surface area contributed by atoms with Gasteiger partial charge in [0.05, 0.1) is 12.3 Å². The van der Waals surface area contributed by atoms with Crippen molar-refractivity contribution in [3.63, 3.8) is 0 Å². The lowest BCUT2D eigenvalue weighted by molar-refractivity contribution is -0.148. The molecule has 0 atom stereocenters. The summed E-state index contributed by atoms with van der Waals surface area (Å²) in [5.74, 6) is -1.32. The number of carbonyl (C=O) groups is 2. The summed E-state index contributed by atoms with van der Waals surface area (Å²) >= 11 is 0. The fourth-order valence-electron chi connectivity index (χ4n) is 2.59. The zero-order chi connectivity index (χ0) is 20.1. The van der Waals surface area contributed by atoms with Crippen LogP contribution < -0.4 is 10.5 Å². The molecule has 1 amide bonds. The first-order valence-corrected chi connectivity index (χ1v) is 8.26. The molecule has 142 valence electrons. The van der Waals surface area contributed by atoms with E-state index in [1.165, 1.54) is 22.1 Å². The molecule has 0 saturated carbocycles. The van der Waals surface area contributed by atoms with Crippen molar-refractivity contribution in [2.24, 2.45) is 7.05 Å². The van der Waals surface area contributed by atoms with Crippen molar-refractivity contribution in [2.75, 3.05) is 18.1 Å². The second-order valence-corrected chi connectivity index (χ2v) is 5.82. The Kier molecular flexibility index (Phi) is 5.45. The minimum absolute atomic E-state index is 0.179. The minimum Gasteiger partial charge on any atom is -0.454 e. The van der Waals surface area contributed by atoms with E-state index in [2.05, 4.69) is 10.1 Å². The first-order valence-electron chi connectivity index (χ1n) is 8.26. The molecule has 0 bridgehead atoms. The van der Waals surface area contributed by atoms with Gasteiger partial charge >= 0.3 is 5.97 Å². The standard InChI is InChI=1S/C18H16N6O4/c1-22-17-14(9-21-22)18(27)23(12-20-17)10-16(26)28-11-15(25)24(8-7-19)13-5-3-2-4-6-13/h2-6,9,12H,8,10-11H2,1H3. The number of hydrogen-bond acceptors (Lipinski definition) is 7. The highest BCUT2D eigenvalue weighted by Gasteiger charge is 2.18. The highest BCUT2D eigenvalue weighted by molar-refractivity contribution is 5.95. The van der Waals surface area contributed by atoms with Crippen LogP contribution >= 0.6 is 0 Å². The maximum atomic E-state index is 12.3. The van der Waals surface area contributed by atoms with Crippen LogP contribution in [-0.2, 0) is 27.9 Å². The Morgan fingerprint density at radius 1 is 1.29 bits per heavy atom. The number of aromatic nitrogens is 4. The van der Waals surface area contributed by atoms with E-state index in [0.29, 0.717) is 11.3 Å². The molecule has 0 fully saturated rings. The summed E-state index contributed by atoms with van der Waals surface area (Å²) in [6.45, 7) is -1.12. The fourth-order valence-corrected chi connectivity index (χ4v) is 2.59. The van der Waals surface area contributed by atoms with Crippen LogP contribution in [0.2, 0.25) is 0 Å². The highest BCUT2D eigenvalue weighted by atomic mass is 16.5. The van der Waals surface area contributed by atoms with Gasteiger partial charge < -0.3 is 4.74 Å². The van der Waals surface area contributed by atoms with Crippen LogP contribution in [0.1, 0.15) is 0 Å². The monoisotopic (exact) mass is 380 g/mol. The number of nitriles is 1. The molecule has 2 aromatic heterocycles. The highest BCUT2D eigenvalue weighted by Crippen LogP contribution is 2.13. The molecule has 28 heavy (non-hydrogen) atoms. The van der Waals surface area contributed by atoms with Gasteiger partial charge in [-0.05, 0) is 12.1 Å². The summed E-state index contributed by atoms with van der Waals surface area (Å²) in [6, 6.07) is 10.5. The normalized spacial score (nSPS) is 10.4. The molecular formula is C18H16N6O4. The number of esters is 1. The van der Waals surface area contributed by atoms with Crippen LogP contribution in [0.25, 0.3) is 11.0 Å². The van der Waals surface area contributed by atoms with Crippen LogP contribution in [0.4, 0.5) is 5.69 Å². The number of hydrogen-bond donors (Lipinski definition) is 0. The van der Waals surface area contributed by atoms with Crippen molar-refractivity contribution in [1.82, 2.24) is 19.3 Å². The Labute approximate surface area is 159 Å². The molecule has 0 aliphatic rings. The zero-order valence-electron chi connectivity index (χ0n) is 15.0. The third-order valence-corrected chi connectivity index (χ3v) is 3.97. The van der Waals surface area contributed by atoms with Gasteiger partial charge in [0.1, 0.15) is 24.8 Å². The van der Waals surface area contributed by atoms with E-state index in [1.807, 2.05) is 6.07 Å². The number of para-hydroxylation sites is 1. The Hall–Kier alpha value is -4.00. The summed E-state index contributed by atoms with van der Waals surface area (Å²) in [4.78, 5) is 42.0. The van der Waals surface area contributed by atoms with Crippen LogP contribution in [0.3, 0.4) is 0 Å². The molecule has 0 N–H and O–H groups in total. The van der Waals surface area contributed by atoms with Crippen LogP contribution in [0.15, 0.2) is 47.7 Å². The van der Waals surface area contributed by atoms with Gasteiger partial charge in [0.15, 0.2) is 12.3 Å². The van der Waals surface area contributed by atoms with Gasteiger partial charge in [-0.1, -0.05) is 18.2 Å². The summed E-state index contributed by atoms with van der Waals surface area (Å²) in [6.07, 6.45) is 2.59. The summed E-state index contributed by atoms with van der Waals surface area (Å²) in [5.41, 5.74) is 0.490. The third kappa shape index (κ3) is 3.88. The van der Waals surface area contributed by atoms with Crippen molar-refractivity contribution in [3.8, 4) is 6.07 Å². The topological polar surface area (TPSA) is 123 Å². The van der Waals surface area contributed by atoms with E-state index < -0.39 is 30.6 Å². The first-order chi connectivity index (χ1) is 13.5. The number of fused-ring (bicyclic) bond motifs is 1. The van der Waals surface area contributed by atoms with Gasteiger partial charge in [0, 0.05) is 12.7 Å². The van der Waals surface area contributed by atoms with Crippen LogP contribution in [0.5, 0.6) is 0 Å². The Morgan fingerprint density at radius 2 is 2.04 bits per heavy atom. The van der Waals surface area contributed by atoms with Crippen molar-refractivity contribution < 1.29 is 14.3 Å². The van der Waals surface area contributed by atoms with Gasteiger partial charge in [-0.2, -0.15) is 10.4 Å². The molecular weight excluding hydrogens is 364 g/mol. The average molecular weight is 380 g/mol. The third-order valence-electron chi connectivity index (χ3n) is 3.97. The van der Waals surface area contributed by atoms with E-state index in [1.54, 1.807) is 37.4 Å². The van der Waals surface area contributed by atoms with E-state index in [0.717, 1.165) is 4.57 Å². The minimum atomic E-state index is -0.773. The number of rotatable bonds is 6. The van der Waals surface area contributed by atoms with Gasteiger partial charge in [0.25, 0.3) is 11.5 Å². The molecule has 0 unspecified atom stereocenters.